The lowest BCUT2D eigenvalue weighted by atomic mass is 10.1. The van der Waals surface area contributed by atoms with Crippen LogP contribution in [0.1, 0.15) is 51.8 Å². The van der Waals surface area contributed by atoms with E-state index < -0.39 is 0 Å². The van der Waals surface area contributed by atoms with Gasteiger partial charge < -0.3 is 9.84 Å². The summed E-state index contributed by atoms with van der Waals surface area (Å²) < 4.78 is 7.11. The minimum atomic E-state index is -0.263. The molecular weight excluding hydrogens is 426 g/mol. The van der Waals surface area contributed by atoms with Crippen LogP contribution < -0.4 is 5.32 Å². The second-order valence-electron chi connectivity index (χ2n) is 8.24. The van der Waals surface area contributed by atoms with Crippen LogP contribution in [0.3, 0.4) is 0 Å². The summed E-state index contributed by atoms with van der Waals surface area (Å²) in [4.78, 5) is 17.4. The standard InChI is InChI=1S/C24H22ClN5O2/c1-13-4-9-20(19(25)10-13)26-23(31)18-12-30(28-15(18)3)21-11-17(6-5-14(21)2)22-27-24(32-29-22)16-7-8-16/h4-6,9-12,16H,7-8H2,1-3H3,(H,26,31). The Kier molecular flexibility index (Phi) is 5.06. The van der Waals surface area contributed by atoms with Crippen LogP contribution in [0, 0.1) is 20.8 Å². The highest BCUT2D eigenvalue weighted by molar-refractivity contribution is 6.34. The van der Waals surface area contributed by atoms with Gasteiger partial charge >= 0.3 is 0 Å². The molecule has 1 aliphatic carbocycles. The number of hydrogen-bond donors (Lipinski definition) is 1. The molecule has 2 aromatic heterocycles. The fraction of sp³-hybridized carbons (Fsp3) is 0.250. The molecule has 0 atom stereocenters. The molecule has 0 aliphatic heterocycles. The van der Waals surface area contributed by atoms with E-state index in [0.717, 1.165) is 35.2 Å². The third-order valence-electron chi connectivity index (χ3n) is 5.60. The molecule has 0 bridgehead atoms. The third-order valence-corrected chi connectivity index (χ3v) is 5.91. The van der Waals surface area contributed by atoms with Gasteiger partial charge in [-0.25, -0.2) is 4.68 Å². The number of nitrogens with one attached hydrogen (secondary N) is 1. The quantitative estimate of drug-likeness (QED) is 0.428. The van der Waals surface area contributed by atoms with Crippen molar-refractivity contribution in [3.63, 3.8) is 0 Å². The van der Waals surface area contributed by atoms with Crippen molar-refractivity contribution in [1.82, 2.24) is 19.9 Å². The van der Waals surface area contributed by atoms with Crippen LogP contribution in [-0.4, -0.2) is 25.8 Å². The van der Waals surface area contributed by atoms with Crippen LogP contribution in [0.4, 0.5) is 5.69 Å². The molecule has 2 heterocycles. The summed E-state index contributed by atoms with van der Waals surface area (Å²) in [6, 6.07) is 11.4. The first-order chi connectivity index (χ1) is 15.4. The van der Waals surface area contributed by atoms with E-state index >= 15 is 0 Å². The number of aromatic nitrogens is 4. The summed E-state index contributed by atoms with van der Waals surface area (Å²) in [5.41, 5.74) is 5.38. The van der Waals surface area contributed by atoms with E-state index in [1.54, 1.807) is 16.9 Å². The minimum absolute atomic E-state index is 0.263. The zero-order chi connectivity index (χ0) is 22.4. The SMILES string of the molecule is Cc1ccc(NC(=O)c2cn(-c3cc(-c4noc(C5CC5)n4)ccc3C)nc2C)c(Cl)c1. The largest absolute Gasteiger partial charge is 0.339 e. The molecule has 2 aromatic carbocycles. The highest BCUT2D eigenvalue weighted by Gasteiger charge is 2.30. The Morgan fingerprint density at radius 2 is 1.97 bits per heavy atom. The predicted molar refractivity (Wildman–Crippen MR) is 122 cm³/mol. The van der Waals surface area contributed by atoms with Crippen molar-refractivity contribution in [2.75, 3.05) is 5.32 Å². The first-order valence-electron chi connectivity index (χ1n) is 10.5. The molecule has 1 fully saturated rings. The summed E-state index contributed by atoms with van der Waals surface area (Å²) in [5.74, 6) is 1.40. The lowest BCUT2D eigenvalue weighted by Crippen LogP contribution is -2.12. The van der Waals surface area contributed by atoms with Gasteiger partial charge in [0, 0.05) is 17.7 Å². The Labute approximate surface area is 190 Å². The van der Waals surface area contributed by atoms with Gasteiger partial charge in [0.05, 0.1) is 27.7 Å². The summed E-state index contributed by atoms with van der Waals surface area (Å²) in [5, 5.41) is 12.1. The molecule has 4 aromatic rings. The van der Waals surface area contributed by atoms with Gasteiger partial charge in [0.1, 0.15) is 0 Å². The van der Waals surface area contributed by atoms with Crippen molar-refractivity contribution >= 4 is 23.2 Å². The van der Waals surface area contributed by atoms with E-state index in [2.05, 4.69) is 20.6 Å². The average molecular weight is 448 g/mol. The molecule has 0 radical (unpaired) electrons. The smallest absolute Gasteiger partial charge is 0.259 e. The minimum Gasteiger partial charge on any atom is -0.339 e. The molecule has 162 valence electrons. The number of rotatable bonds is 5. The van der Waals surface area contributed by atoms with Crippen LogP contribution in [0.2, 0.25) is 5.02 Å². The van der Waals surface area contributed by atoms with E-state index in [9.17, 15) is 4.79 Å². The Balaban J connectivity index is 1.44. The van der Waals surface area contributed by atoms with Crippen LogP contribution in [0.5, 0.6) is 0 Å². The Bertz CT molecular complexity index is 1340. The Hall–Kier alpha value is -3.45. The fourth-order valence-corrected chi connectivity index (χ4v) is 3.84. The Morgan fingerprint density at radius 3 is 2.72 bits per heavy atom. The first kappa shape index (κ1) is 20.5. The molecule has 32 heavy (non-hydrogen) atoms. The van der Waals surface area contributed by atoms with Crippen molar-refractivity contribution in [2.24, 2.45) is 0 Å². The monoisotopic (exact) mass is 447 g/mol. The molecular formula is C24H22ClN5O2. The molecule has 0 saturated heterocycles. The molecule has 1 aliphatic rings. The van der Waals surface area contributed by atoms with E-state index in [0.29, 0.717) is 39.6 Å². The predicted octanol–water partition coefficient (Wildman–Crippen LogP) is 5.63. The van der Waals surface area contributed by atoms with Crippen molar-refractivity contribution in [2.45, 2.75) is 39.5 Å². The molecule has 1 saturated carbocycles. The van der Waals surface area contributed by atoms with E-state index in [1.165, 1.54) is 0 Å². The number of hydrogen-bond acceptors (Lipinski definition) is 5. The molecule has 0 unspecified atom stereocenters. The Morgan fingerprint density at radius 1 is 1.16 bits per heavy atom. The van der Waals surface area contributed by atoms with Crippen molar-refractivity contribution in [1.29, 1.82) is 0 Å². The first-order valence-corrected chi connectivity index (χ1v) is 10.9. The maximum absolute atomic E-state index is 12.9. The van der Waals surface area contributed by atoms with E-state index in [4.69, 9.17) is 16.1 Å². The molecule has 0 spiro atoms. The summed E-state index contributed by atoms with van der Waals surface area (Å²) in [6.45, 7) is 5.75. The maximum Gasteiger partial charge on any atom is 0.259 e. The number of benzene rings is 2. The molecule has 5 rings (SSSR count). The summed E-state index contributed by atoms with van der Waals surface area (Å²) >= 11 is 6.27. The maximum atomic E-state index is 12.9. The lowest BCUT2D eigenvalue weighted by molar-refractivity contribution is 0.102. The van der Waals surface area contributed by atoms with Crippen molar-refractivity contribution < 1.29 is 9.32 Å². The number of amides is 1. The van der Waals surface area contributed by atoms with E-state index in [-0.39, 0.29) is 5.91 Å². The topological polar surface area (TPSA) is 85.8 Å². The fourth-order valence-electron chi connectivity index (χ4n) is 3.56. The number of anilines is 1. The van der Waals surface area contributed by atoms with Crippen LogP contribution in [-0.2, 0) is 0 Å². The van der Waals surface area contributed by atoms with Gasteiger partial charge in [-0.3, -0.25) is 4.79 Å². The number of carbonyl (C=O) groups excluding carboxylic acids is 1. The third kappa shape index (κ3) is 3.91. The number of nitrogens with zero attached hydrogens (tertiary/aromatic N) is 4. The molecule has 7 nitrogen and oxygen atoms in total. The summed E-state index contributed by atoms with van der Waals surface area (Å²) in [6.07, 6.45) is 3.93. The lowest BCUT2D eigenvalue weighted by Gasteiger charge is -2.08. The molecule has 8 heteroatoms. The summed E-state index contributed by atoms with van der Waals surface area (Å²) in [7, 11) is 0. The van der Waals surface area contributed by atoms with Gasteiger partial charge in [0.2, 0.25) is 11.7 Å². The average Bonchev–Trinajstić information content (AvgIpc) is 3.36. The van der Waals surface area contributed by atoms with Crippen molar-refractivity contribution in [3.8, 4) is 17.1 Å². The number of carbonyl (C=O) groups is 1. The zero-order valence-electron chi connectivity index (χ0n) is 18.0. The van der Waals surface area contributed by atoms with Crippen LogP contribution in [0.25, 0.3) is 17.1 Å². The van der Waals surface area contributed by atoms with Gasteiger partial charge in [0.25, 0.3) is 5.91 Å². The number of aryl methyl sites for hydroxylation is 3. The zero-order valence-corrected chi connectivity index (χ0v) is 18.8. The van der Waals surface area contributed by atoms with Gasteiger partial charge in [-0.15, -0.1) is 0 Å². The van der Waals surface area contributed by atoms with Gasteiger partial charge in [-0.1, -0.05) is 35.0 Å². The van der Waals surface area contributed by atoms with Crippen LogP contribution in [0.15, 0.2) is 47.1 Å². The van der Waals surface area contributed by atoms with Gasteiger partial charge in [0.15, 0.2) is 0 Å². The van der Waals surface area contributed by atoms with Gasteiger partial charge in [-0.2, -0.15) is 10.1 Å². The van der Waals surface area contributed by atoms with Gasteiger partial charge in [-0.05, 0) is 62.9 Å². The van der Waals surface area contributed by atoms with Crippen molar-refractivity contribution in [3.05, 3.63) is 75.9 Å². The molecule has 1 N–H and O–H groups in total. The second kappa shape index (κ2) is 7.91. The highest BCUT2D eigenvalue weighted by Crippen LogP contribution is 2.39. The highest BCUT2D eigenvalue weighted by atomic mass is 35.5. The number of halogens is 1. The normalized spacial score (nSPS) is 13.4. The molecule has 1 amide bonds. The second-order valence-corrected chi connectivity index (χ2v) is 8.65. The van der Waals surface area contributed by atoms with Crippen LogP contribution >= 0.6 is 11.6 Å². The van der Waals surface area contributed by atoms with E-state index in [1.807, 2.05) is 51.1 Å².